The third-order valence-corrected chi connectivity index (χ3v) is 3.21. The Balaban J connectivity index is 1.95. The van der Waals surface area contributed by atoms with E-state index in [0.717, 1.165) is 18.6 Å². The number of ketones is 1. The second kappa shape index (κ2) is 10.7. The van der Waals surface area contributed by atoms with Crippen molar-refractivity contribution in [3.8, 4) is 0 Å². The van der Waals surface area contributed by atoms with Crippen LogP contribution in [0.25, 0.3) is 0 Å². The second-order valence-electron chi connectivity index (χ2n) is 4.92. The van der Waals surface area contributed by atoms with Gasteiger partial charge in [-0.2, -0.15) is 0 Å². The molecule has 0 aromatic heterocycles. The van der Waals surface area contributed by atoms with Crippen molar-refractivity contribution in [1.82, 2.24) is 0 Å². The van der Waals surface area contributed by atoms with Crippen LogP contribution in [0.5, 0.6) is 0 Å². The number of carbonyl (C=O) groups excluding carboxylic acids is 1. The Labute approximate surface area is 117 Å². The Hall–Kier alpha value is -1.15. The van der Waals surface area contributed by atoms with Crippen LogP contribution >= 0.6 is 0 Å². The van der Waals surface area contributed by atoms with Crippen molar-refractivity contribution in [1.29, 1.82) is 0 Å². The van der Waals surface area contributed by atoms with Gasteiger partial charge in [0.25, 0.3) is 0 Å². The van der Waals surface area contributed by atoms with Gasteiger partial charge >= 0.3 is 0 Å². The molecule has 0 aliphatic rings. The summed E-state index contributed by atoms with van der Waals surface area (Å²) in [5, 5.41) is 0. The minimum atomic E-state index is 0.170. The number of hydrogen-bond acceptors (Lipinski definition) is 2. The van der Waals surface area contributed by atoms with Crippen LogP contribution < -0.4 is 0 Å². The number of Topliss-reactive ketones (excluding diaryl/α,β-unsaturated/α-hetero) is 1. The lowest BCUT2D eigenvalue weighted by molar-refractivity contribution is 0.0871. The molecule has 0 aliphatic heterocycles. The van der Waals surface area contributed by atoms with Crippen LogP contribution in [0.15, 0.2) is 30.3 Å². The molecule has 0 spiro atoms. The third kappa shape index (κ3) is 7.78. The summed E-state index contributed by atoms with van der Waals surface area (Å²) in [6.07, 6.45) is 8.11. The maximum absolute atomic E-state index is 11.8. The van der Waals surface area contributed by atoms with Crippen molar-refractivity contribution >= 4 is 5.78 Å². The maximum atomic E-state index is 11.8. The Bertz CT molecular complexity index is 332. The first-order chi connectivity index (χ1) is 9.34. The molecule has 0 N–H and O–H groups in total. The summed E-state index contributed by atoms with van der Waals surface area (Å²) in [5.74, 6) is 0.170. The number of carbonyl (C=O) groups is 1. The number of ether oxygens (including phenoxy) is 1. The minimum absolute atomic E-state index is 0.170. The molecule has 0 amide bonds. The SMILES string of the molecule is CCCCCCCCOCCC(=O)c1ccccc1. The van der Waals surface area contributed by atoms with E-state index in [1.165, 1.54) is 32.1 Å². The van der Waals surface area contributed by atoms with Gasteiger partial charge in [0.15, 0.2) is 5.78 Å². The van der Waals surface area contributed by atoms with Crippen LogP contribution in [0.1, 0.15) is 62.2 Å². The van der Waals surface area contributed by atoms with E-state index >= 15 is 0 Å². The van der Waals surface area contributed by atoms with E-state index in [1.807, 2.05) is 30.3 Å². The van der Waals surface area contributed by atoms with Crippen molar-refractivity contribution in [2.45, 2.75) is 51.9 Å². The van der Waals surface area contributed by atoms with Gasteiger partial charge in [0.2, 0.25) is 0 Å². The highest BCUT2D eigenvalue weighted by atomic mass is 16.5. The van der Waals surface area contributed by atoms with Gasteiger partial charge in [-0.25, -0.2) is 0 Å². The highest BCUT2D eigenvalue weighted by Crippen LogP contribution is 2.06. The number of benzene rings is 1. The molecule has 0 radical (unpaired) electrons. The third-order valence-electron chi connectivity index (χ3n) is 3.21. The van der Waals surface area contributed by atoms with E-state index in [9.17, 15) is 4.79 Å². The fourth-order valence-electron chi connectivity index (χ4n) is 2.02. The minimum Gasteiger partial charge on any atom is -0.381 e. The molecule has 0 fully saturated rings. The van der Waals surface area contributed by atoms with Crippen LogP contribution in [0.4, 0.5) is 0 Å². The molecule has 2 nitrogen and oxygen atoms in total. The lowest BCUT2D eigenvalue weighted by Crippen LogP contribution is -2.05. The summed E-state index contributed by atoms with van der Waals surface area (Å²) < 4.78 is 5.51. The topological polar surface area (TPSA) is 26.3 Å². The Kier molecular flexibility index (Phi) is 8.99. The molecule has 2 heteroatoms. The van der Waals surface area contributed by atoms with E-state index in [0.29, 0.717) is 13.0 Å². The van der Waals surface area contributed by atoms with Crippen molar-refractivity contribution in [3.63, 3.8) is 0 Å². The average Bonchev–Trinajstić information content (AvgIpc) is 2.46. The highest BCUT2D eigenvalue weighted by Gasteiger charge is 2.04. The van der Waals surface area contributed by atoms with Gasteiger partial charge < -0.3 is 4.74 Å². The molecule has 0 saturated carbocycles. The summed E-state index contributed by atoms with van der Waals surface area (Å²) >= 11 is 0. The zero-order chi connectivity index (χ0) is 13.8. The molecular weight excluding hydrogens is 236 g/mol. The molecule has 0 bridgehead atoms. The molecule has 1 rings (SSSR count). The molecular formula is C17H26O2. The number of hydrogen-bond donors (Lipinski definition) is 0. The molecule has 0 unspecified atom stereocenters. The van der Waals surface area contributed by atoms with Crippen molar-refractivity contribution in [2.24, 2.45) is 0 Å². The normalized spacial score (nSPS) is 10.6. The molecule has 0 saturated heterocycles. The fraction of sp³-hybridized carbons (Fsp3) is 0.588. The quantitative estimate of drug-likeness (QED) is 0.429. The van der Waals surface area contributed by atoms with Gasteiger partial charge in [0, 0.05) is 18.6 Å². The van der Waals surface area contributed by atoms with Gasteiger partial charge in [-0.1, -0.05) is 69.4 Å². The van der Waals surface area contributed by atoms with Gasteiger partial charge in [0.1, 0.15) is 0 Å². The predicted molar refractivity (Wildman–Crippen MR) is 79.6 cm³/mol. The van der Waals surface area contributed by atoms with Crippen LogP contribution in [-0.2, 0) is 4.74 Å². The van der Waals surface area contributed by atoms with E-state index in [4.69, 9.17) is 4.74 Å². The molecule has 0 atom stereocenters. The van der Waals surface area contributed by atoms with Crippen LogP contribution in [0.3, 0.4) is 0 Å². The monoisotopic (exact) mass is 262 g/mol. The zero-order valence-electron chi connectivity index (χ0n) is 12.1. The number of rotatable bonds is 11. The van der Waals surface area contributed by atoms with Crippen LogP contribution in [0, 0.1) is 0 Å². The molecule has 106 valence electrons. The summed E-state index contributed by atoms with van der Waals surface area (Å²) in [6, 6.07) is 9.42. The van der Waals surface area contributed by atoms with Crippen LogP contribution in [-0.4, -0.2) is 19.0 Å². The zero-order valence-corrected chi connectivity index (χ0v) is 12.1. The van der Waals surface area contributed by atoms with Gasteiger partial charge in [-0.3, -0.25) is 4.79 Å². The number of unbranched alkanes of at least 4 members (excludes halogenated alkanes) is 5. The lowest BCUT2D eigenvalue weighted by atomic mass is 10.1. The van der Waals surface area contributed by atoms with E-state index in [1.54, 1.807) is 0 Å². The molecule has 0 heterocycles. The molecule has 19 heavy (non-hydrogen) atoms. The standard InChI is InChI=1S/C17H26O2/c1-2-3-4-5-6-10-14-19-15-13-17(18)16-11-8-7-9-12-16/h7-9,11-12H,2-6,10,13-15H2,1H3. The Morgan fingerprint density at radius 2 is 1.63 bits per heavy atom. The largest absolute Gasteiger partial charge is 0.381 e. The molecule has 1 aromatic rings. The Morgan fingerprint density at radius 3 is 2.37 bits per heavy atom. The summed E-state index contributed by atoms with van der Waals surface area (Å²) in [7, 11) is 0. The van der Waals surface area contributed by atoms with Gasteiger partial charge in [-0.15, -0.1) is 0 Å². The lowest BCUT2D eigenvalue weighted by Gasteiger charge is -2.04. The van der Waals surface area contributed by atoms with E-state index in [2.05, 4.69) is 6.92 Å². The summed E-state index contributed by atoms with van der Waals surface area (Å²) in [6.45, 7) is 3.56. The van der Waals surface area contributed by atoms with Crippen molar-refractivity contribution < 1.29 is 9.53 Å². The van der Waals surface area contributed by atoms with E-state index in [-0.39, 0.29) is 5.78 Å². The van der Waals surface area contributed by atoms with Crippen molar-refractivity contribution in [2.75, 3.05) is 13.2 Å². The average molecular weight is 262 g/mol. The summed E-state index contributed by atoms with van der Waals surface area (Å²) in [5.41, 5.74) is 0.783. The van der Waals surface area contributed by atoms with Crippen LogP contribution in [0.2, 0.25) is 0 Å². The second-order valence-corrected chi connectivity index (χ2v) is 4.92. The predicted octanol–water partition coefficient (Wildman–Crippen LogP) is 4.64. The first kappa shape index (κ1) is 15.9. The first-order valence-corrected chi connectivity index (χ1v) is 7.50. The molecule has 1 aromatic carbocycles. The smallest absolute Gasteiger partial charge is 0.165 e. The van der Waals surface area contributed by atoms with Gasteiger partial charge in [-0.05, 0) is 6.42 Å². The first-order valence-electron chi connectivity index (χ1n) is 7.50. The van der Waals surface area contributed by atoms with E-state index < -0.39 is 0 Å². The maximum Gasteiger partial charge on any atom is 0.165 e. The Morgan fingerprint density at radius 1 is 0.947 bits per heavy atom. The fourth-order valence-corrected chi connectivity index (χ4v) is 2.02. The van der Waals surface area contributed by atoms with Crippen molar-refractivity contribution in [3.05, 3.63) is 35.9 Å². The van der Waals surface area contributed by atoms with Gasteiger partial charge in [0.05, 0.1) is 6.61 Å². The summed E-state index contributed by atoms with van der Waals surface area (Å²) in [4.78, 5) is 11.8. The molecule has 0 aliphatic carbocycles. The highest BCUT2D eigenvalue weighted by molar-refractivity contribution is 5.96.